The second kappa shape index (κ2) is 10.2. The average Bonchev–Trinajstić information content (AvgIpc) is 2.40. The molecule has 0 aromatic heterocycles. The maximum Gasteiger partial charge on any atom is -0.107 e. The molecule has 2 rings (SSSR count). The molecule has 2 aromatic carbocycles. The quantitative estimate of drug-likeness (QED) is 0.544. The van der Waals surface area contributed by atoms with Crippen LogP contribution >= 0.6 is 24.0 Å². The van der Waals surface area contributed by atoms with Gasteiger partial charge < -0.3 is 0 Å². The number of nitrogens with zero attached hydrogens (tertiary/aromatic N) is 2. The van der Waals surface area contributed by atoms with Gasteiger partial charge in [-0.25, -0.2) is 0 Å². The summed E-state index contributed by atoms with van der Waals surface area (Å²) in [7, 11) is 4.50. The molecule has 20 heavy (non-hydrogen) atoms. The zero-order valence-electron chi connectivity index (χ0n) is 12.0. The molecule has 0 bridgehead atoms. The van der Waals surface area contributed by atoms with Gasteiger partial charge in [0, 0.05) is 0 Å². The third-order valence-electron chi connectivity index (χ3n) is 2.87. The molecule has 0 spiro atoms. The molecule has 2 aromatic rings. The molecule has 106 valence electrons. The molecular formula is C16H21IN2Nd. The zero-order chi connectivity index (χ0) is 13.5. The Morgan fingerprint density at radius 2 is 1.05 bits per heavy atom. The van der Waals surface area contributed by atoms with Gasteiger partial charge in [0.2, 0.25) is 0 Å². The van der Waals surface area contributed by atoms with Gasteiger partial charge in [0.1, 0.15) is 0 Å². The fourth-order valence-corrected chi connectivity index (χ4v) is 5.57. The Balaban J connectivity index is 0.00000200. The Morgan fingerprint density at radius 1 is 0.700 bits per heavy atom. The summed E-state index contributed by atoms with van der Waals surface area (Å²) in [5.74, 6) is 0. The van der Waals surface area contributed by atoms with Crippen LogP contribution in [0.2, 0.25) is 0 Å². The first-order chi connectivity index (χ1) is 9.24. The first-order valence-electron chi connectivity index (χ1n) is 6.50. The Morgan fingerprint density at radius 3 is 1.40 bits per heavy atom. The molecule has 0 aliphatic heterocycles. The topological polar surface area (TPSA) is 6.48 Å². The van der Waals surface area contributed by atoms with Crippen molar-refractivity contribution in [3.05, 3.63) is 71.8 Å². The van der Waals surface area contributed by atoms with Gasteiger partial charge in [-0.1, -0.05) is 0 Å². The fraction of sp³-hybridized carbons (Fsp3) is 0.250. The standard InChI is InChI=1S/2C8H10N.HI.Nd/c2*1-9-7-8-5-3-2-4-6-8;;/h2*2-6H,7H2,1H3;1H;/q2*-1;;+2. The van der Waals surface area contributed by atoms with Crippen molar-refractivity contribution >= 4 is 24.0 Å². The third kappa shape index (κ3) is 6.93. The minimum absolute atomic E-state index is 0. The molecule has 0 unspecified atom stereocenters. The van der Waals surface area contributed by atoms with Crippen LogP contribution in [0, 0.1) is 37.5 Å². The third-order valence-corrected chi connectivity index (χ3v) is 6.07. The summed E-state index contributed by atoms with van der Waals surface area (Å²) in [6, 6.07) is 21.4. The van der Waals surface area contributed by atoms with E-state index in [2.05, 4.69) is 76.7 Å². The van der Waals surface area contributed by atoms with E-state index in [-0.39, 0.29) is 24.0 Å². The van der Waals surface area contributed by atoms with E-state index in [1.165, 1.54) is 11.1 Å². The second-order valence-electron chi connectivity index (χ2n) is 4.78. The predicted molar refractivity (Wildman–Crippen MR) is 91.2 cm³/mol. The number of rotatable bonds is 6. The van der Waals surface area contributed by atoms with E-state index in [1.807, 2.05) is 0 Å². The Kier molecular flexibility index (Phi) is 9.44. The van der Waals surface area contributed by atoms with E-state index in [0.717, 1.165) is 13.1 Å². The van der Waals surface area contributed by atoms with Crippen molar-refractivity contribution in [2.24, 2.45) is 0 Å². The average molecular weight is 513 g/mol. The zero-order valence-corrected chi connectivity index (χ0v) is 17.5. The van der Waals surface area contributed by atoms with E-state index < -0.39 is 37.5 Å². The van der Waals surface area contributed by atoms with Gasteiger partial charge in [-0.05, 0) is 0 Å². The minimum Gasteiger partial charge on any atom is -0.107 e. The molecule has 0 aliphatic rings. The second-order valence-corrected chi connectivity index (χ2v) is 10.3. The van der Waals surface area contributed by atoms with E-state index in [1.54, 1.807) is 0 Å². The van der Waals surface area contributed by atoms with Gasteiger partial charge in [-0.2, -0.15) is 0 Å². The SMILES string of the molecule is C[N](Cc1ccccc1)[Nd][N](C)Cc1ccccc1.I. The fourth-order valence-electron chi connectivity index (χ4n) is 2.08. The molecule has 2 nitrogen and oxygen atoms in total. The number of benzene rings is 2. The van der Waals surface area contributed by atoms with Crippen LogP contribution in [0.1, 0.15) is 11.1 Å². The predicted octanol–water partition coefficient (Wildman–Crippen LogP) is 3.78. The molecule has 0 saturated heterocycles. The van der Waals surface area contributed by atoms with Gasteiger partial charge in [0.05, 0.1) is 0 Å². The normalized spacial score (nSPS) is 10.4. The first kappa shape index (κ1) is 18.5. The molecule has 0 radical (unpaired) electrons. The summed E-state index contributed by atoms with van der Waals surface area (Å²) >= 11 is -0.890. The molecule has 0 aliphatic carbocycles. The van der Waals surface area contributed by atoms with Gasteiger partial charge in [0.25, 0.3) is 0 Å². The number of hydrogen-bond donors (Lipinski definition) is 0. The molecule has 0 atom stereocenters. The van der Waals surface area contributed by atoms with Crippen LogP contribution in [0.5, 0.6) is 0 Å². The summed E-state index contributed by atoms with van der Waals surface area (Å²) in [5, 5.41) is 0. The van der Waals surface area contributed by atoms with Crippen molar-refractivity contribution in [2.75, 3.05) is 14.1 Å². The summed E-state index contributed by atoms with van der Waals surface area (Å²) in [6.45, 7) is 2.15. The largest absolute Gasteiger partial charge is 0.107 e. The van der Waals surface area contributed by atoms with Crippen LogP contribution in [0.25, 0.3) is 0 Å². The van der Waals surface area contributed by atoms with E-state index in [0.29, 0.717) is 0 Å². The molecule has 0 saturated carbocycles. The molecule has 0 heterocycles. The van der Waals surface area contributed by atoms with Crippen LogP contribution < -0.4 is 0 Å². The van der Waals surface area contributed by atoms with E-state index >= 15 is 0 Å². The molecule has 4 heteroatoms. The van der Waals surface area contributed by atoms with Crippen LogP contribution in [0.4, 0.5) is 0 Å². The van der Waals surface area contributed by atoms with Crippen molar-refractivity contribution in [3.63, 3.8) is 0 Å². The summed E-state index contributed by atoms with van der Waals surface area (Å²) < 4.78 is 5.05. The number of halogens is 1. The summed E-state index contributed by atoms with van der Waals surface area (Å²) in [4.78, 5) is 0. The monoisotopic (exact) mass is 510 g/mol. The van der Waals surface area contributed by atoms with E-state index in [9.17, 15) is 0 Å². The van der Waals surface area contributed by atoms with Crippen molar-refractivity contribution in [1.29, 1.82) is 0 Å². The smallest absolute Gasteiger partial charge is 0.107 e. The van der Waals surface area contributed by atoms with Crippen molar-refractivity contribution in [3.8, 4) is 0 Å². The maximum atomic E-state index is 2.53. The van der Waals surface area contributed by atoms with Gasteiger partial charge in [-0.3, -0.25) is 0 Å². The first-order valence-corrected chi connectivity index (χ1v) is 9.37. The summed E-state index contributed by atoms with van der Waals surface area (Å²) in [6.07, 6.45) is 0. The minimum atomic E-state index is -0.890. The molecule has 0 fully saturated rings. The van der Waals surface area contributed by atoms with Crippen molar-refractivity contribution in [1.82, 2.24) is 1.97 Å². The van der Waals surface area contributed by atoms with Crippen LogP contribution in [-0.4, -0.2) is 16.1 Å². The molecule has 0 N–H and O–H groups in total. The van der Waals surface area contributed by atoms with Crippen LogP contribution in [-0.2, 0) is 13.1 Å². The molecule has 0 amide bonds. The molecular weight excluding hydrogens is 491 g/mol. The van der Waals surface area contributed by atoms with Gasteiger partial charge >= 0.3 is 138 Å². The summed E-state index contributed by atoms with van der Waals surface area (Å²) in [5.41, 5.74) is 2.82. The van der Waals surface area contributed by atoms with Gasteiger partial charge in [0.15, 0.2) is 0 Å². The van der Waals surface area contributed by atoms with Crippen molar-refractivity contribution in [2.45, 2.75) is 13.1 Å². The van der Waals surface area contributed by atoms with Gasteiger partial charge in [-0.15, -0.1) is 24.0 Å². The van der Waals surface area contributed by atoms with Crippen LogP contribution in [0.15, 0.2) is 60.7 Å². The Labute approximate surface area is 160 Å². The van der Waals surface area contributed by atoms with Crippen molar-refractivity contribution < 1.29 is 37.5 Å². The number of hydrogen-bond acceptors (Lipinski definition) is 2. The van der Waals surface area contributed by atoms with E-state index in [4.69, 9.17) is 0 Å². The Bertz CT molecular complexity index is 433. The van der Waals surface area contributed by atoms with Crippen LogP contribution in [0.3, 0.4) is 0 Å². The maximum absolute atomic E-state index is 2.53. The Hall–Kier alpha value is 0.441.